The number of aromatic nitrogens is 1. The van der Waals surface area contributed by atoms with Crippen LogP contribution in [0.5, 0.6) is 0 Å². The molecule has 0 saturated carbocycles. The number of nitrogens with zero attached hydrogens (tertiary/aromatic N) is 1. The fourth-order valence-electron chi connectivity index (χ4n) is 1.35. The standard InChI is InChI=1S/C10H8F2N2S/c1-5-9(14-10(13)15-5)7-3-2-6(11)4-8(7)12/h2-4H,1H3,(H2,13,14). The highest BCUT2D eigenvalue weighted by Gasteiger charge is 2.12. The Bertz CT molecular complexity index is 508. The minimum atomic E-state index is -0.622. The number of nitrogen functional groups attached to an aromatic ring is 1. The maximum Gasteiger partial charge on any atom is 0.180 e. The molecule has 2 aromatic rings. The molecule has 0 saturated heterocycles. The topological polar surface area (TPSA) is 38.9 Å². The molecule has 0 amide bonds. The summed E-state index contributed by atoms with van der Waals surface area (Å²) in [6, 6.07) is 3.41. The molecule has 0 aliphatic carbocycles. The van der Waals surface area contributed by atoms with E-state index >= 15 is 0 Å². The quantitative estimate of drug-likeness (QED) is 0.811. The Morgan fingerprint density at radius 1 is 1.33 bits per heavy atom. The Hall–Kier alpha value is -1.49. The van der Waals surface area contributed by atoms with Crippen LogP contribution in [-0.2, 0) is 0 Å². The lowest BCUT2D eigenvalue weighted by Crippen LogP contribution is -1.89. The number of hydrogen-bond donors (Lipinski definition) is 1. The van der Waals surface area contributed by atoms with Crippen molar-refractivity contribution >= 4 is 16.5 Å². The Morgan fingerprint density at radius 3 is 2.60 bits per heavy atom. The molecule has 5 heteroatoms. The van der Waals surface area contributed by atoms with E-state index in [0.717, 1.165) is 10.9 Å². The van der Waals surface area contributed by atoms with Crippen molar-refractivity contribution in [3.63, 3.8) is 0 Å². The summed E-state index contributed by atoms with van der Waals surface area (Å²) in [5.41, 5.74) is 6.27. The predicted molar refractivity (Wildman–Crippen MR) is 56.6 cm³/mol. The monoisotopic (exact) mass is 226 g/mol. The summed E-state index contributed by atoms with van der Waals surface area (Å²) in [6.45, 7) is 1.80. The molecule has 2 nitrogen and oxygen atoms in total. The van der Waals surface area contributed by atoms with Crippen LogP contribution in [0, 0.1) is 18.6 Å². The molecule has 0 fully saturated rings. The van der Waals surface area contributed by atoms with E-state index in [9.17, 15) is 8.78 Å². The van der Waals surface area contributed by atoms with Gasteiger partial charge < -0.3 is 5.73 Å². The molecule has 1 aromatic heterocycles. The Balaban J connectivity index is 2.59. The zero-order chi connectivity index (χ0) is 11.0. The van der Waals surface area contributed by atoms with Crippen LogP contribution in [0.2, 0.25) is 0 Å². The largest absolute Gasteiger partial charge is 0.375 e. The van der Waals surface area contributed by atoms with E-state index in [-0.39, 0.29) is 5.56 Å². The molecular formula is C10H8F2N2S. The van der Waals surface area contributed by atoms with Crippen LogP contribution in [-0.4, -0.2) is 4.98 Å². The summed E-state index contributed by atoms with van der Waals surface area (Å²) >= 11 is 1.28. The van der Waals surface area contributed by atoms with E-state index in [4.69, 9.17) is 5.73 Å². The molecule has 0 radical (unpaired) electrons. The van der Waals surface area contributed by atoms with E-state index in [1.807, 2.05) is 0 Å². The van der Waals surface area contributed by atoms with Crippen molar-refractivity contribution < 1.29 is 8.78 Å². The smallest absolute Gasteiger partial charge is 0.180 e. The normalized spacial score (nSPS) is 10.6. The second-order valence-electron chi connectivity index (χ2n) is 3.08. The molecule has 78 valence electrons. The molecule has 0 bridgehead atoms. The van der Waals surface area contributed by atoms with Gasteiger partial charge in [0.15, 0.2) is 5.13 Å². The Kier molecular flexibility index (Phi) is 2.40. The first-order valence-electron chi connectivity index (χ1n) is 4.26. The fourth-order valence-corrected chi connectivity index (χ4v) is 2.05. The molecule has 15 heavy (non-hydrogen) atoms. The summed E-state index contributed by atoms with van der Waals surface area (Å²) in [5, 5.41) is 0.381. The van der Waals surface area contributed by atoms with Crippen molar-refractivity contribution in [1.82, 2.24) is 4.98 Å². The van der Waals surface area contributed by atoms with Gasteiger partial charge in [-0.3, -0.25) is 0 Å². The van der Waals surface area contributed by atoms with E-state index in [2.05, 4.69) is 4.98 Å². The van der Waals surface area contributed by atoms with Gasteiger partial charge in [-0.25, -0.2) is 13.8 Å². The zero-order valence-corrected chi connectivity index (χ0v) is 8.74. The summed E-state index contributed by atoms with van der Waals surface area (Å²) in [5.74, 6) is -1.22. The zero-order valence-electron chi connectivity index (χ0n) is 7.92. The molecular weight excluding hydrogens is 218 g/mol. The number of aryl methyl sites for hydroxylation is 1. The van der Waals surface area contributed by atoms with Gasteiger partial charge in [-0.05, 0) is 19.1 Å². The van der Waals surface area contributed by atoms with E-state index in [1.54, 1.807) is 6.92 Å². The van der Waals surface area contributed by atoms with Crippen LogP contribution in [0.1, 0.15) is 4.88 Å². The lowest BCUT2D eigenvalue weighted by Gasteiger charge is -2.00. The van der Waals surface area contributed by atoms with Gasteiger partial charge in [0.2, 0.25) is 0 Å². The van der Waals surface area contributed by atoms with Crippen molar-refractivity contribution in [1.29, 1.82) is 0 Å². The van der Waals surface area contributed by atoms with Crippen molar-refractivity contribution in [2.45, 2.75) is 6.92 Å². The number of hydrogen-bond acceptors (Lipinski definition) is 3. The van der Waals surface area contributed by atoms with Crippen molar-refractivity contribution in [3.8, 4) is 11.3 Å². The molecule has 0 unspecified atom stereocenters. The molecule has 2 N–H and O–H groups in total. The first kappa shape index (κ1) is 10.0. The molecule has 0 aliphatic heterocycles. The number of nitrogens with two attached hydrogens (primary N) is 1. The lowest BCUT2D eigenvalue weighted by molar-refractivity contribution is 0.585. The Morgan fingerprint density at radius 2 is 2.07 bits per heavy atom. The second-order valence-corrected chi connectivity index (χ2v) is 4.32. The highest BCUT2D eigenvalue weighted by atomic mass is 32.1. The minimum absolute atomic E-state index is 0.279. The van der Waals surface area contributed by atoms with Crippen molar-refractivity contribution in [2.75, 3.05) is 5.73 Å². The van der Waals surface area contributed by atoms with Crippen LogP contribution in [0.15, 0.2) is 18.2 Å². The number of rotatable bonds is 1. The molecule has 0 spiro atoms. The highest BCUT2D eigenvalue weighted by molar-refractivity contribution is 7.15. The third-order valence-electron chi connectivity index (χ3n) is 2.00. The number of thiazole rings is 1. The van der Waals surface area contributed by atoms with Crippen LogP contribution >= 0.6 is 11.3 Å². The highest BCUT2D eigenvalue weighted by Crippen LogP contribution is 2.30. The van der Waals surface area contributed by atoms with Gasteiger partial charge in [-0.15, -0.1) is 11.3 Å². The third kappa shape index (κ3) is 1.83. The van der Waals surface area contributed by atoms with Gasteiger partial charge in [0.1, 0.15) is 11.6 Å². The molecule has 0 aliphatic rings. The lowest BCUT2D eigenvalue weighted by atomic mass is 10.1. The number of benzene rings is 1. The number of anilines is 1. The number of halogens is 2. The maximum absolute atomic E-state index is 13.4. The summed E-state index contributed by atoms with van der Waals surface area (Å²) in [4.78, 5) is 4.82. The summed E-state index contributed by atoms with van der Waals surface area (Å²) in [6.07, 6.45) is 0. The van der Waals surface area contributed by atoms with E-state index < -0.39 is 11.6 Å². The van der Waals surface area contributed by atoms with Gasteiger partial charge in [0.25, 0.3) is 0 Å². The van der Waals surface area contributed by atoms with Crippen LogP contribution in [0.25, 0.3) is 11.3 Å². The molecule has 1 aromatic carbocycles. The Labute approximate surface area is 89.4 Å². The average Bonchev–Trinajstić information content (AvgIpc) is 2.45. The predicted octanol–water partition coefficient (Wildman–Crippen LogP) is 2.98. The van der Waals surface area contributed by atoms with Crippen LogP contribution in [0.4, 0.5) is 13.9 Å². The molecule has 2 rings (SSSR count). The van der Waals surface area contributed by atoms with Crippen molar-refractivity contribution in [3.05, 3.63) is 34.7 Å². The van der Waals surface area contributed by atoms with Gasteiger partial charge in [-0.2, -0.15) is 0 Å². The first-order valence-corrected chi connectivity index (χ1v) is 5.08. The van der Waals surface area contributed by atoms with Gasteiger partial charge in [0.05, 0.1) is 5.69 Å². The maximum atomic E-state index is 13.4. The molecule has 1 heterocycles. The van der Waals surface area contributed by atoms with Crippen LogP contribution < -0.4 is 5.73 Å². The molecule has 0 atom stereocenters. The third-order valence-corrected chi connectivity index (χ3v) is 2.80. The minimum Gasteiger partial charge on any atom is -0.375 e. The van der Waals surface area contributed by atoms with Crippen LogP contribution in [0.3, 0.4) is 0 Å². The average molecular weight is 226 g/mol. The summed E-state index contributed by atoms with van der Waals surface area (Å²) in [7, 11) is 0. The fraction of sp³-hybridized carbons (Fsp3) is 0.100. The van der Waals surface area contributed by atoms with E-state index in [1.165, 1.54) is 23.5 Å². The van der Waals surface area contributed by atoms with Crippen molar-refractivity contribution in [2.24, 2.45) is 0 Å². The van der Waals surface area contributed by atoms with Gasteiger partial charge in [-0.1, -0.05) is 0 Å². The SMILES string of the molecule is Cc1sc(N)nc1-c1ccc(F)cc1F. The van der Waals surface area contributed by atoms with Gasteiger partial charge >= 0.3 is 0 Å². The van der Waals surface area contributed by atoms with E-state index in [0.29, 0.717) is 10.8 Å². The first-order chi connectivity index (χ1) is 7.08. The second kappa shape index (κ2) is 3.58. The summed E-state index contributed by atoms with van der Waals surface area (Å²) < 4.78 is 26.1. The van der Waals surface area contributed by atoms with Gasteiger partial charge in [0, 0.05) is 16.5 Å².